The minimum Gasteiger partial charge on any atom is -0.492 e. The van der Waals surface area contributed by atoms with Gasteiger partial charge in [0.25, 0.3) is 0 Å². The van der Waals surface area contributed by atoms with Crippen molar-refractivity contribution in [1.82, 2.24) is 14.8 Å². The molecule has 3 aromatic rings. The van der Waals surface area contributed by atoms with Gasteiger partial charge in [0.15, 0.2) is 5.16 Å². The van der Waals surface area contributed by atoms with E-state index in [0.717, 1.165) is 5.56 Å². The molecule has 8 heteroatoms. The van der Waals surface area contributed by atoms with Crippen LogP contribution in [0.5, 0.6) is 5.75 Å². The van der Waals surface area contributed by atoms with Gasteiger partial charge < -0.3 is 10.1 Å². The Morgan fingerprint density at radius 1 is 1.18 bits per heavy atom. The molecule has 2 aromatic carbocycles. The zero-order valence-corrected chi connectivity index (χ0v) is 16.4. The number of thioether (sulfide) groups is 1. The molecular weight excluding hydrogens is 376 g/mol. The zero-order chi connectivity index (χ0) is 19.8. The quantitative estimate of drug-likeness (QED) is 0.541. The van der Waals surface area contributed by atoms with Gasteiger partial charge in [-0.3, -0.25) is 9.36 Å². The molecule has 1 heterocycles. The van der Waals surface area contributed by atoms with E-state index < -0.39 is 0 Å². The van der Waals surface area contributed by atoms with E-state index in [4.69, 9.17) is 4.74 Å². The normalized spacial score (nSPS) is 10.6. The SMILES string of the molecule is CCOc1ccccc1NC(=O)CSc1n[nH]c(=O)n1CCc1ccccc1. The van der Waals surface area contributed by atoms with E-state index in [1.165, 1.54) is 11.8 Å². The predicted molar refractivity (Wildman–Crippen MR) is 110 cm³/mol. The van der Waals surface area contributed by atoms with Gasteiger partial charge in [-0.05, 0) is 31.0 Å². The van der Waals surface area contributed by atoms with Crippen molar-refractivity contribution in [1.29, 1.82) is 0 Å². The first-order valence-corrected chi connectivity index (χ1v) is 9.99. The van der Waals surface area contributed by atoms with Gasteiger partial charge in [0.05, 0.1) is 18.0 Å². The van der Waals surface area contributed by atoms with Crippen molar-refractivity contribution in [3.8, 4) is 5.75 Å². The van der Waals surface area contributed by atoms with Crippen LogP contribution in [0.2, 0.25) is 0 Å². The van der Waals surface area contributed by atoms with Crippen molar-refractivity contribution in [2.24, 2.45) is 0 Å². The summed E-state index contributed by atoms with van der Waals surface area (Å²) in [6, 6.07) is 17.2. The van der Waals surface area contributed by atoms with Crippen LogP contribution in [0, 0.1) is 0 Å². The molecular formula is C20H22N4O3S. The number of ether oxygens (including phenoxy) is 1. The number of rotatable bonds is 9. The van der Waals surface area contributed by atoms with E-state index in [-0.39, 0.29) is 17.3 Å². The van der Waals surface area contributed by atoms with Crippen LogP contribution in [0.4, 0.5) is 5.69 Å². The Hall–Kier alpha value is -3.00. The monoisotopic (exact) mass is 398 g/mol. The molecule has 0 unspecified atom stereocenters. The predicted octanol–water partition coefficient (Wildman–Crippen LogP) is 2.94. The third kappa shape index (κ3) is 5.26. The molecule has 28 heavy (non-hydrogen) atoms. The lowest BCUT2D eigenvalue weighted by Crippen LogP contribution is -2.20. The maximum atomic E-state index is 12.3. The Morgan fingerprint density at radius 3 is 2.71 bits per heavy atom. The summed E-state index contributed by atoms with van der Waals surface area (Å²) >= 11 is 1.22. The standard InChI is InChI=1S/C20H22N4O3S/c1-2-27-17-11-7-6-10-16(17)21-18(25)14-28-20-23-22-19(26)24(20)13-12-15-8-4-3-5-9-15/h3-11H,2,12-14H2,1H3,(H,21,25)(H,22,26). The molecule has 2 N–H and O–H groups in total. The molecule has 7 nitrogen and oxygen atoms in total. The molecule has 1 aromatic heterocycles. The maximum absolute atomic E-state index is 12.3. The summed E-state index contributed by atoms with van der Waals surface area (Å²) in [6.07, 6.45) is 0.710. The summed E-state index contributed by atoms with van der Waals surface area (Å²) in [5, 5.41) is 9.83. The largest absolute Gasteiger partial charge is 0.492 e. The van der Waals surface area contributed by atoms with Crippen LogP contribution in [0.3, 0.4) is 0 Å². The van der Waals surface area contributed by atoms with Crippen molar-refractivity contribution in [2.75, 3.05) is 17.7 Å². The summed E-state index contributed by atoms with van der Waals surface area (Å²) in [7, 11) is 0. The lowest BCUT2D eigenvalue weighted by atomic mass is 10.1. The first-order chi connectivity index (χ1) is 13.7. The number of aromatic amines is 1. The number of aromatic nitrogens is 3. The average Bonchev–Trinajstić information content (AvgIpc) is 3.07. The summed E-state index contributed by atoms with van der Waals surface area (Å²) < 4.78 is 7.07. The van der Waals surface area contributed by atoms with Crippen LogP contribution >= 0.6 is 11.8 Å². The minimum atomic E-state index is -0.277. The molecule has 0 aliphatic carbocycles. The second kappa shape index (κ2) is 9.80. The highest BCUT2D eigenvalue weighted by Crippen LogP contribution is 2.24. The fourth-order valence-electron chi connectivity index (χ4n) is 2.66. The fourth-order valence-corrected chi connectivity index (χ4v) is 3.44. The Labute approximate surface area is 167 Å². The molecule has 0 saturated carbocycles. The van der Waals surface area contributed by atoms with Gasteiger partial charge in [0.1, 0.15) is 5.75 Å². The second-order valence-electron chi connectivity index (χ2n) is 5.96. The summed E-state index contributed by atoms with van der Waals surface area (Å²) in [5.74, 6) is 0.570. The Balaban J connectivity index is 1.59. The van der Waals surface area contributed by atoms with E-state index >= 15 is 0 Å². The molecule has 0 aliphatic rings. The van der Waals surface area contributed by atoms with Gasteiger partial charge in [0, 0.05) is 6.54 Å². The number of nitrogens with zero attached hydrogens (tertiary/aromatic N) is 2. The van der Waals surface area contributed by atoms with Crippen LogP contribution in [-0.2, 0) is 17.8 Å². The molecule has 0 aliphatic heterocycles. The first kappa shape index (κ1) is 19.8. The van der Waals surface area contributed by atoms with Gasteiger partial charge in [-0.2, -0.15) is 0 Å². The summed E-state index contributed by atoms with van der Waals surface area (Å²) in [5.41, 5.74) is 1.48. The van der Waals surface area contributed by atoms with Crippen molar-refractivity contribution in [3.05, 3.63) is 70.6 Å². The third-order valence-corrected chi connectivity index (χ3v) is 4.96. The lowest BCUT2D eigenvalue weighted by Gasteiger charge is -2.11. The van der Waals surface area contributed by atoms with Crippen molar-refractivity contribution >= 4 is 23.4 Å². The van der Waals surface area contributed by atoms with Crippen molar-refractivity contribution < 1.29 is 9.53 Å². The van der Waals surface area contributed by atoms with Crippen LogP contribution in [0.1, 0.15) is 12.5 Å². The third-order valence-electron chi connectivity index (χ3n) is 3.98. The topological polar surface area (TPSA) is 89.0 Å². The number of aryl methyl sites for hydroxylation is 1. The molecule has 0 radical (unpaired) electrons. The average molecular weight is 398 g/mol. The zero-order valence-electron chi connectivity index (χ0n) is 15.6. The highest BCUT2D eigenvalue weighted by Gasteiger charge is 2.13. The number of anilines is 1. The van der Waals surface area contributed by atoms with E-state index in [1.807, 2.05) is 49.4 Å². The number of carbonyl (C=O) groups is 1. The minimum absolute atomic E-state index is 0.135. The van der Waals surface area contributed by atoms with Crippen molar-refractivity contribution in [2.45, 2.75) is 25.0 Å². The molecule has 0 saturated heterocycles. The Morgan fingerprint density at radius 2 is 1.93 bits per heavy atom. The van der Waals surface area contributed by atoms with Crippen LogP contribution in [0.25, 0.3) is 0 Å². The number of hydrogen-bond acceptors (Lipinski definition) is 5. The molecule has 3 rings (SSSR count). The molecule has 0 atom stereocenters. The second-order valence-corrected chi connectivity index (χ2v) is 6.91. The maximum Gasteiger partial charge on any atom is 0.343 e. The summed E-state index contributed by atoms with van der Waals surface area (Å²) in [4.78, 5) is 24.4. The van der Waals surface area contributed by atoms with Crippen molar-refractivity contribution in [3.63, 3.8) is 0 Å². The van der Waals surface area contributed by atoms with E-state index in [0.29, 0.717) is 36.2 Å². The number of nitrogens with one attached hydrogen (secondary N) is 2. The fraction of sp³-hybridized carbons (Fsp3) is 0.250. The van der Waals surface area contributed by atoms with Crippen LogP contribution in [0.15, 0.2) is 64.5 Å². The summed E-state index contributed by atoms with van der Waals surface area (Å²) in [6.45, 7) is 2.90. The number of para-hydroxylation sites is 2. The molecule has 0 bridgehead atoms. The number of benzene rings is 2. The highest BCUT2D eigenvalue weighted by molar-refractivity contribution is 7.99. The van der Waals surface area contributed by atoms with Crippen LogP contribution in [-0.4, -0.2) is 33.0 Å². The molecule has 146 valence electrons. The Bertz CT molecular complexity index is 969. The van der Waals surface area contributed by atoms with E-state index in [1.54, 1.807) is 16.7 Å². The number of carbonyl (C=O) groups excluding carboxylic acids is 1. The molecule has 1 amide bonds. The smallest absolute Gasteiger partial charge is 0.343 e. The van der Waals surface area contributed by atoms with Crippen LogP contribution < -0.4 is 15.7 Å². The van der Waals surface area contributed by atoms with Gasteiger partial charge in [-0.1, -0.05) is 54.2 Å². The number of amides is 1. The molecule has 0 spiro atoms. The number of hydrogen-bond donors (Lipinski definition) is 2. The van der Waals surface area contributed by atoms with Gasteiger partial charge >= 0.3 is 5.69 Å². The lowest BCUT2D eigenvalue weighted by molar-refractivity contribution is -0.113. The number of H-pyrrole nitrogens is 1. The van der Waals surface area contributed by atoms with Gasteiger partial charge in [-0.25, -0.2) is 9.89 Å². The highest BCUT2D eigenvalue weighted by atomic mass is 32.2. The van der Waals surface area contributed by atoms with E-state index in [9.17, 15) is 9.59 Å². The van der Waals surface area contributed by atoms with Gasteiger partial charge in [0.2, 0.25) is 5.91 Å². The van der Waals surface area contributed by atoms with E-state index in [2.05, 4.69) is 15.5 Å². The molecule has 0 fully saturated rings. The Kier molecular flexibility index (Phi) is 6.91. The first-order valence-electron chi connectivity index (χ1n) is 9.01. The van der Waals surface area contributed by atoms with Gasteiger partial charge in [-0.15, -0.1) is 5.10 Å².